The zero-order valence-corrected chi connectivity index (χ0v) is 11.1. The van der Waals surface area contributed by atoms with Gasteiger partial charge in [0.2, 0.25) is 0 Å². The third-order valence-corrected chi connectivity index (χ3v) is 3.83. The van der Waals surface area contributed by atoms with Gasteiger partial charge in [0, 0.05) is 0 Å². The lowest BCUT2D eigenvalue weighted by Crippen LogP contribution is -1.84. The molecule has 0 aliphatic carbocycles. The normalized spacial score (nSPS) is 10.5. The second kappa shape index (κ2) is 5.41. The van der Waals surface area contributed by atoms with Crippen molar-refractivity contribution in [2.75, 3.05) is 0 Å². The summed E-state index contributed by atoms with van der Waals surface area (Å²) in [4.78, 5) is 0. The fourth-order valence-electron chi connectivity index (χ4n) is 2.93. The quantitative estimate of drug-likeness (QED) is 0.356. The van der Waals surface area contributed by atoms with E-state index in [0.29, 0.717) is 0 Å². The highest BCUT2D eigenvalue weighted by Crippen LogP contribution is 2.35. The molecule has 4 aromatic rings. The third-order valence-electron chi connectivity index (χ3n) is 3.83. The highest BCUT2D eigenvalue weighted by Gasteiger charge is 2.08. The Kier molecular flexibility index (Phi) is 3.45. The molecule has 4 rings (SSSR count). The van der Waals surface area contributed by atoms with Crippen molar-refractivity contribution in [3.63, 3.8) is 0 Å². The Morgan fingerprint density at radius 2 is 0.952 bits per heavy atom. The van der Waals surface area contributed by atoms with E-state index in [-0.39, 0.29) is 7.43 Å². The summed E-state index contributed by atoms with van der Waals surface area (Å²) in [6.07, 6.45) is 0. The van der Waals surface area contributed by atoms with Gasteiger partial charge < -0.3 is 0 Å². The zero-order chi connectivity index (χ0) is 13.4. The Labute approximate surface area is 125 Å². The van der Waals surface area contributed by atoms with Crippen LogP contribution in [0.15, 0.2) is 84.9 Å². The standard InChI is InChI=1S/C20H14.CH4/c1-2-8-15(9-3-1)20-18-12-6-4-10-16(18)14-17-11-5-7-13-19(17)20;/h1-14H;1H4. The molecule has 0 amide bonds. The predicted octanol–water partition coefficient (Wildman–Crippen LogP) is 6.30. The lowest BCUT2D eigenvalue weighted by atomic mass is 9.92. The van der Waals surface area contributed by atoms with Crippen LogP contribution in [0.25, 0.3) is 32.7 Å². The largest absolute Gasteiger partial charge is 0.0776 e. The van der Waals surface area contributed by atoms with Crippen molar-refractivity contribution in [2.24, 2.45) is 0 Å². The molecule has 0 saturated heterocycles. The molecule has 0 spiro atoms. The molecule has 0 unspecified atom stereocenters. The molecule has 0 atom stereocenters. The first-order valence-electron chi connectivity index (χ1n) is 6.89. The minimum Gasteiger partial charge on any atom is -0.0776 e. The minimum absolute atomic E-state index is 0. The predicted molar refractivity (Wildman–Crippen MR) is 93.6 cm³/mol. The van der Waals surface area contributed by atoms with Crippen LogP contribution in [0.4, 0.5) is 0 Å². The van der Waals surface area contributed by atoms with Gasteiger partial charge >= 0.3 is 0 Å². The van der Waals surface area contributed by atoms with Crippen LogP contribution in [0.3, 0.4) is 0 Å². The van der Waals surface area contributed by atoms with Crippen LogP contribution >= 0.6 is 0 Å². The Morgan fingerprint density at radius 1 is 0.476 bits per heavy atom. The maximum atomic E-state index is 2.27. The number of hydrogen-bond donors (Lipinski definition) is 0. The maximum Gasteiger partial charge on any atom is -0.00268 e. The molecule has 0 radical (unpaired) electrons. The van der Waals surface area contributed by atoms with Gasteiger partial charge in [-0.15, -0.1) is 0 Å². The first kappa shape index (κ1) is 13.4. The highest BCUT2D eigenvalue weighted by molar-refractivity contribution is 6.12. The molecular formula is C21H18. The van der Waals surface area contributed by atoms with Crippen molar-refractivity contribution >= 4 is 21.5 Å². The van der Waals surface area contributed by atoms with Crippen molar-refractivity contribution in [1.29, 1.82) is 0 Å². The van der Waals surface area contributed by atoms with E-state index >= 15 is 0 Å². The van der Waals surface area contributed by atoms with Crippen LogP contribution in [0.5, 0.6) is 0 Å². The van der Waals surface area contributed by atoms with E-state index in [2.05, 4.69) is 84.9 Å². The summed E-state index contributed by atoms with van der Waals surface area (Å²) in [5.74, 6) is 0. The average Bonchev–Trinajstić information content (AvgIpc) is 2.53. The lowest BCUT2D eigenvalue weighted by molar-refractivity contribution is 1.67. The Bertz CT molecular complexity index is 835. The van der Waals surface area contributed by atoms with Gasteiger partial charge in [0.25, 0.3) is 0 Å². The summed E-state index contributed by atoms with van der Waals surface area (Å²) < 4.78 is 0. The lowest BCUT2D eigenvalue weighted by Gasteiger charge is -2.11. The van der Waals surface area contributed by atoms with Gasteiger partial charge in [-0.05, 0) is 38.7 Å². The van der Waals surface area contributed by atoms with Gasteiger partial charge in [-0.1, -0.05) is 86.3 Å². The van der Waals surface area contributed by atoms with Crippen LogP contribution < -0.4 is 0 Å². The second-order valence-electron chi connectivity index (χ2n) is 5.06. The highest BCUT2D eigenvalue weighted by atomic mass is 14.1. The fourth-order valence-corrected chi connectivity index (χ4v) is 2.93. The molecule has 0 heterocycles. The molecule has 0 N–H and O–H groups in total. The summed E-state index contributed by atoms with van der Waals surface area (Å²) in [5, 5.41) is 5.23. The van der Waals surface area contributed by atoms with E-state index in [1.807, 2.05) is 0 Å². The summed E-state index contributed by atoms with van der Waals surface area (Å²) >= 11 is 0. The van der Waals surface area contributed by atoms with E-state index in [9.17, 15) is 0 Å². The van der Waals surface area contributed by atoms with E-state index in [0.717, 1.165) is 0 Å². The fraction of sp³-hybridized carbons (Fsp3) is 0.0476. The van der Waals surface area contributed by atoms with E-state index in [4.69, 9.17) is 0 Å². The molecule has 0 aromatic heterocycles. The topological polar surface area (TPSA) is 0 Å². The second-order valence-corrected chi connectivity index (χ2v) is 5.06. The van der Waals surface area contributed by atoms with Crippen LogP contribution in [0.1, 0.15) is 7.43 Å². The Morgan fingerprint density at radius 3 is 1.52 bits per heavy atom. The van der Waals surface area contributed by atoms with E-state index < -0.39 is 0 Å². The smallest absolute Gasteiger partial charge is 0.00268 e. The van der Waals surface area contributed by atoms with Crippen molar-refractivity contribution in [3.8, 4) is 11.1 Å². The van der Waals surface area contributed by atoms with Gasteiger partial charge in [-0.2, -0.15) is 0 Å². The summed E-state index contributed by atoms with van der Waals surface area (Å²) in [7, 11) is 0. The van der Waals surface area contributed by atoms with E-state index in [1.165, 1.54) is 32.7 Å². The van der Waals surface area contributed by atoms with Crippen LogP contribution in [0.2, 0.25) is 0 Å². The molecule has 102 valence electrons. The van der Waals surface area contributed by atoms with Crippen molar-refractivity contribution in [2.45, 2.75) is 7.43 Å². The van der Waals surface area contributed by atoms with Gasteiger partial charge in [0.1, 0.15) is 0 Å². The molecule has 0 fully saturated rings. The molecule has 4 aromatic carbocycles. The van der Waals surface area contributed by atoms with Crippen LogP contribution in [-0.2, 0) is 0 Å². The Balaban J connectivity index is 0.00000132. The minimum atomic E-state index is 0. The van der Waals surface area contributed by atoms with Gasteiger partial charge in [0.15, 0.2) is 0 Å². The van der Waals surface area contributed by atoms with E-state index in [1.54, 1.807) is 0 Å². The SMILES string of the molecule is C.c1ccc(-c2c3ccccc3cc3ccccc23)cc1. The molecule has 0 bridgehead atoms. The van der Waals surface area contributed by atoms with Gasteiger partial charge in [0.05, 0.1) is 0 Å². The van der Waals surface area contributed by atoms with Crippen molar-refractivity contribution in [3.05, 3.63) is 84.9 Å². The molecule has 21 heavy (non-hydrogen) atoms. The van der Waals surface area contributed by atoms with Gasteiger partial charge in [-0.25, -0.2) is 0 Å². The van der Waals surface area contributed by atoms with Gasteiger partial charge in [-0.3, -0.25) is 0 Å². The Hall–Kier alpha value is -2.60. The molecule has 0 aliphatic heterocycles. The number of hydrogen-bond acceptors (Lipinski definition) is 0. The molecule has 0 nitrogen and oxygen atoms in total. The van der Waals surface area contributed by atoms with Crippen molar-refractivity contribution < 1.29 is 0 Å². The first-order chi connectivity index (χ1) is 9.93. The average molecular weight is 270 g/mol. The third kappa shape index (κ3) is 2.19. The summed E-state index contributed by atoms with van der Waals surface area (Å²) in [5.41, 5.74) is 2.61. The zero-order valence-electron chi connectivity index (χ0n) is 11.1. The van der Waals surface area contributed by atoms with Crippen molar-refractivity contribution in [1.82, 2.24) is 0 Å². The molecule has 0 aliphatic rings. The monoisotopic (exact) mass is 270 g/mol. The first-order valence-corrected chi connectivity index (χ1v) is 6.89. The summed E-state index contributed by atoms with van der Waals surface area (Å²) in [6, 6.07) is 30.2. The number of benzene rings is 4. The molecule has 0 saturated carbocycles. The number of rotatable bonds is 1. The summed E-state index contributed by atoms with van der Waals surface area (Å²) in [6.45, 7) is 0. The number of fused-ring (bicyclic) bond motifs is 2. The van der Waals surface area contributed by atoms with Crippen LogP contribution in [-0.4, -0.2) is 0 Å². The van der Waals surface area contributed by atoms with Crippen LogP contribution in [0, 0.1) is 0 Å². The molecular weight excluding hydrogens is 252 g/mol. The maximum absolute atomic E-state index is 2.27. The molecule has 0 heteroatoms.